The van der Waals surface area contributed by atoms with E-state index in [-0.39, 0.29) is 10.8 Å². The molecule has 0 saturated heterocycles. The second kappa shape index (κ2) is 9.79. The summed E-state index contributed by atoms with van der Waals surface area (Å²) in [4.78, 5) is 13.8. The topological polar surface area (TPSA) is 75.7 Å². The van der Waals surface area contributed by atoms with E-state index in [1.54, 1.807) is 43.5 Å². The van der Waals surface area contributed by atoms with Gasteiger partial charge in [0.05, 0.1) is 23.1 Å². The Morgan fingerprint density at radius 3 is 2.33 bits per heavy atom. The molecule has 0 bridgehead atoms. The first-order valence-electron chi connectivity index (χ1n) is 12.2. The number of sulfonamides is 1. The third-order valence-electron chi connectivity index (χ3n) is 7.35. The van der Waals surface area contributed by atoms with Gasteiger partial charge >= 0.3 is 0 Å². The van der Waals surface area contributed by atoms with E-state index < -0.39 is 15.4 Å². The molecule has 0 unspecified atom stereocenters. The summed E-state index contributed by atoms with van der Waals surface area (Å²) < 4.78 is 33.5. The molecule has 1 N–H and O–H groups in total. The van der Waals surface area contributed by atoms with Crippen LogP contribution in [0.2, 0.25) is 5.02 Å². The molecule has 1 saturated carbocycles. The van der Waals surface area contributed by atoms with Gasteiger partial charge in [-0.05, 0) is 91.4 Å². The van der Waals surface area contributed by atoms with Crippen LogP contribution in [0.25, 0.3) is 0 Å². The number of amides is 1. The van der Waals surface area contributed by atoms with Gasteiger partial charge in [0.15, 0.2) is 0 Å². The number of aryl methyl sites for hydroxylation is 1. The largest absolute Gasteiger partial charge is 0.497 e. The molecule has 8 heteroatoms. The van der Waals surface area contributed by atoms with Crippen LogP contribution < -0.4 is 14.4 Å². The maximum Gasteiger partial charge on any atom is 0.264 e. The van der Waals surface area contributed by atoms with Crippen molar-refractivity contribution in [2.75, 3.05) is 23.3 Å². The van der Waals surface area contributed by atoms with Gasteiger partial charge in [0.2, 0.25) is 5.91 Å². The van der Waals surface area contributed by atoms with Crippen LogP contribution in [-0.2, 0) is 26.7 Å². The fourth-order valence-electron chi connectivity index (χ4n) is 5.41. The standard InChI is InChI=1S/C28H29ClN2O4S/c1-35-24-11-13-25(14-12-24)36(33,34)31-18-4-5-20-19-23(10-15-26(20)31)30-27(32)28(16-2-3-17-28)21-6-8-22(29)9-7-21/h6-15,19H,2-5,16-18H2,1H3,(H,30,32). The van der Waals surface area contributed by atoms with Crippen molar-refractivity contribution >= 4 is 38.9 Å². The molecule has 3 aromatic carbocycles. The summed E-state index contributed by atoms with van der Waals surface area (Å²) in [6, 6.07) is 19.5. The van der Waals surface area contributed by atoms with E-state index in [2.05, 4.69) is 5.32 Å². The number of anilines is 2. The van der Waals surface area contributed by atoms with Crippen molar-refractivity contribution in [2.24, 2.45) is 0 Å². The monoisotopic (exact) mass is 524 g/mol. The number of carbonyl (C=O) groups excluding carboxylic acids is 1. The molecule has 1 amide bonds. The molecule has 3 aromatic rings. The fraction of sp³-hybridized carbons (Fsp3) is 0.321. The Morgan fingerprint density at radius 1 is 0.972 bits per heavy atom. The molecule has 2 aliphatic rings. The number of rotatable bonds is 6. The summed E-state index contributed by atoms with van der Waals surface area (Å²) >= 11 is 6.08. The number of halogens is 1. The van der Waals surface area contributed by atoms with Gasteiger partial charge < -0.3 is 10.1 Å². The lowest BCUT2D eigenvalue weighted by atomic mass is 9.78. The van der Waals surface area contributed by atoms with Crippen LogP contribution >= 0.6 is 11.6 Å². The molecule has 188 valence electrons. The van der Waals surface area contributed by atoms with Crippen LogP contribution in [0.4, 0.5) is 11.4 Å². The van der Waals surface area contributed by atoms with Crippen molar-refractivity contribution in [1.29, 1.82) is 0 Å². The van der Waals surface area contributed by atoms with Gasteiger partial charge in [0.1, 0.15) is 5.75 Å². The van der Waals surface area contributed by atoms with Crippen molar-refractivity contribution in [1.82, 2.24) is 0 Å². The lowest BCUT2D eigenvalue weighted by molar-refractivity contribution is -0.121. The summed E-state index contributed by atoms with van der Waals surface area (Å²) in [5.41, 5.74) is 2.65. The van der Waals surface area contributed by atoms with Gasteiger partial charge in [0.25, 0.3) is 10.0 Å². The molecule has 6 nitrogen and oxygen atoms in total. The third kappa shape index (κ3) is 4.46. The van der Waals surface area contributed by atoms with E-state index in [4.69, 9.17) is 16.3 Å². The molecule has 0 spiro atoms. The van der Waals surface area contributed by atoms with Crippen molar-refractivity contribution < 1.29 is 17.9 Å². The van der Waals surface area contributed by atoms with Crippen LogP contribution in [0, 0.1) is 0 Å². The van der Waals surface area contributed by atoms with E-state index in [9.17, 15) is 13.2 Å². The number of carbonyl (C=O) groups is 1. The molecule has 5 rings (SSSR count). The van der Waals surface area contributed by atoms with Gasteiger partial charge in [-0.2, -0.15) is 0 Å². The second-order valence-corrected chi connectivity index (χ2v) is 11.7. The van der Waals surface area contributed by atoms with Gasteiger partial charge in [0, 0.05) is 17.3 Å². The molecule has 0 aromatic heterocycles. The lowest BCUT2D eigenvalue weighted by Crippen LogP contribution is -2.38. The summed E-state index contributed by atoms with van der Waals surface area (Å²) in [6.07, 6.45) is 5.03. The van der Waals surface area contributed by atoms with Gasteiger partial charge in [-0.25, -0.2) is 8.42 Å². The zero-order valence-corrected chi connectivity index (χ0v) is 21.7. The van der Waals surface area contributed by atoms with Crippen LogP contribution in [0.15, 0.2) is 71.6 Å². The number of nitrogens with zero attached hydrogens (tertiary/aromatic N) is 1. The summed E-state index contributed by atoms with van der Waals surface area (Å²) in [5.74, 6) is 0.577. The first-order valence-corrected chi connectivity index (χ1v) is 14.0. The van der Waals surface area contributed by atoms with Gasteiger partial charge in [-0.15, -0.1) is 0 Å². The first kappa shape index (κ1) is 24.7. The van der Waals surface area contributed by atoms with Crippen molar-refractivity contribution in [3.63, 3.8) is 0 Å². The summed E-state index contributed by atoms with van der Waals surface area (Å²) in [6.45, 7) is 0.409. The van der Waals surface area contributed by atoms with Crippen LogP contribution in [0.1, 0.15) is 43.2 Å². The smallest absolute Gasteiger partial charge is 0.264 e. The van der Waals surface area contributed by atoms with Gasteiger partial charge in [-0.3, -0.25) is 9.10 Å². The molecule has 1 aliphatic carbocycles. The zero-order valence-electron chi connectivity index (χ0n) is 20.2. The second-order valence-electron chi connectivity index (χ2n) is 9.45. The highest BCUT2D eigenvalue weighted by atomic mass is 35.5. The Bertz CT molecular complexity index is 1370. The van der Waals surface area contributed by atoms with Crippen LogP contribution in [0.5, 0.6) is 5.75 Å². The lowest BCUT2D eigenvalue weighted by Gasteiger charge is -2.31. The Balaban J connectivity index is 1.41. The average molecular weight is 525 g/mol. The number of fused-ring (bicyclic) bond motifs is 1. The highest BCUT2D eigenvalue weighted by Gasteiger charge is 2.42. The molecule has 1 heterocycles. The maximum atomic E-state index is 13.6. The minimum absolute atomic E-state index is 0.0270. The average Bonchev–Trinajstić information content (AvgIpc) is 3.40. The number of hydrogen-bond acceptors (Lipinski definition) is 4. The fourth-order valence-corrected chi connectivity index (χ4v) is 7.08. The number of methoxy groups -OCH3 is 1. The predicted molar refractivity (Wildman–Crippen MR) is 143 cm³/mol. The normalized spacial score (nSPS) is 16.9. The number of ether oxygens (including phenoxy) is 1. The molecule has 0 radical (unpaired) electrons. The third-order valence-corrected chi connectivity index (χ3v) is 9.43. The van der Waals surface area contributed by atoms with Crippen LogP contribution in [0.3, 0.4) is 0 Å². The van der Waals surface area contributed by atoms with Crippen LogP contribution in [-0.4, -0.2) is 28.0 Å². The van der Waals surface area contributed by atoms with Crippen molar-refractivity contribution in [3.05, 3.63) is 82.9 Å². The van der Waals surface area contributed by atoms with Gasteiger partial charge in [-0.1, -0.05) is 36.6 Å². The quantitative estimate of drug-likeness (QED) is 0.433. The van der Waals surface area contributed by atoms with E-state index >= 15 is 0 Å². The highest BCUT2D eigenvalue weighted by molar-refractivity contribution is 7.92. The minimum Gasteiger partial charge on any atom is -0.497 e. The van der Waals surface area contributed by atoms with E-state index in [0.29, 0.717) is 35.1 Å². The Labute approximate surface area is 217 Å². The maximum absolute atomic E-state index is 13.6. The SMILES string of the molecule is COc1ccc(S(=O)(=O)N2CCCc3cc(NC(=O)C4(c5ccc(Cl)cc5)CCCC4)ccc32)cc1. The Hall–Kier alpha value is -3.03. The highest BCUT2D eigenvalue weighted by Crippen LogP contribution is 2.43. The molecule has 36 heavy (non-hydrogen) atoms. The minimum atomic E-state index is -3.72. The predicted octanol–water partition coefficient (Wildman–Crippen LogP) is 5.94. The summed E-state index contributed by atoms with van der Waals surface area (Å²) in [7, 11) is -2.17. The number of nitrogens with one attached hydrogen (secondary N) is 1. The molecular weight excluding hydrogens is 496 g/mol. The number of hydrogen-bond donors (Lipinski definition) is 1. The van der Waals surface area contributed by atoms with E-state index in [0.717, 1.165) is 43.2 Å². The van der Waals surface area contributed by atoms with E-state index in [1.165, 1.54) is 4.31 Å². The molecule has 1 fully saturated rings. The van der Waals surface area contributed by atoms with Crippen molar-refractivity contribution in [3.8, 4) is 5.75 Å². The molecule has 1 aliphatic heterocycles. The first-order chi connectivity index (χ1) is 17.3. The Morgan fingerprint density at radius 2 is 1.67 bits per heavy atom. The number of benzene rings is 3. The molecular formula is C28H29ClN2O4S. The summed E-state index contributed by atoms with van der Waals surface area (Å²) in [5, 5.41) is 3.78. The molecule has 0 atom stereocenters. The Kier molecular flexibility index (Phi) is 6.70. The van der Waals surface area contributed by atoms with E-state index in [1.807, 2.05) is 30.3 Å². The van der Waals surface area contributed by atoms with Crippen molar-refractivity contribution in [2.45, 2.75) is 48.8 Å². The zero-order chi connectivity index (χ0) is 25.3.